The second kappa shape index (κ2) is 6.51. The highest BCUT2D eigenvalue weighted by molar-refractivity contribution is 9.10. The predicted molar refractivity (Wildman–Crippen MR) is 81.4 cm³/mol. The van der Waals surface area contributed by atoms with E-state index in [9.17, 15) is 5.11 Å². The summed E-state index contributed by atoms with van der Waals surface area (Å²) in [6.45, 7) is 2.06. The molecule has 0 amide bonds. The number of rotatable bonds is 4. The maximum atomic E-state index is 10.4. The zero-order chi connectivity index (χ0) is 13.8. The Morgan fingerprint density at radius 1 is 1.32 bits per heavy atom. The molecule has 0 aliphatic heterocycles. The molecule has 0 aliphatic rings. The normalized spacial score (nSPS) is 12.4. The molecule has 1 N–H and O–H groups in total. The third-order valence-electron chi connectivity index (χ3n) is 3.11. The van der Waals surface area contributed by atoms with Crippen molar-refractivity contribution in [3.05, 3.63) is 62.8 Å². The molecule has 0 radical (unpaired) electrons. The standard InChI is InChI=1S/C15H15BrClNO/c1-2-10-9-18-6-5-13(10)15(19)7-11-3-4-12(16)8-14(11)17/h3-6,8-9,15,19H,2,7H2,1H3. The van der Waals surface area contributed by atoms with E-state index in [-0.39, 0.29) is 0 Å². The number of halogens is 2. The molecule has 0 saturated carbocycles. The first-order valence-corrected chi connectivity index (χ1v) is 7.33. The average Bonchev–Trinajstić information content (AvgIpc) is 2.41. The van der Waals surface area contributed by atoms with Gasteiger partial charge in [0.2, 0.25) is 0 Å². The van der Waals surface area contributed by atoms with Gasteiger partial charge in [-0.05, 0) is 41.3 Å². The Hall–Kier alpha value is -0.900. The van der Waals surface area contributed by atoms with Crippen LogP contribution in [0.3, 0.4) is 0 Å². The minimum atomic E-state index is -0.559. The quantitative estimate of drug-likeness (QED) is 0.898. The zero-order valence-corrected chi connectivity index (χ0v) is 12.9. The molecule has 1 aromatic heterocycles. The summed E-state index contributed by atoms with van der Waals surface area (Å²) in [5.74, 6) is 0. The molecular weight excluding hydrogens is 326 g/mol. The van der Waals surface area contributed by atoms with Crippen LogP contribution in [0.1, 0.15) is 29.7 Å². The molecule has 100 valence electrons. The molecule has 2 aromatic rings. The van der Waals surface area contributed by atoms with E-state index in [1.807, 2.05) is 30.5 Å². The van der Waals surface area contributed by atoms with Crippen molar-refractivity contribution >= 4 is 27.5 Å². The number of aliphatic hydroxyl groups excluding tert-OH is 1. The van der Waals surface area contributed by atoms with Crippen molar-refractivity contribution in [3.8, 4) is 0 Å². The van der Waals surface area contributed by atoms with Crippen molar-refractivity contribution in [3.63, 3.8) is 0 Å². The Labute approximate surface area is 126 Å². The average molecular weight is 341 g/mol. The van der Waals surface area contributed by atoms with Gasteiger partial charge >= 0.3 is 0 Å². The van der Waals surface area contributed by atoms with Gasteiger partial charge in [-0.15, -0.1) is 0 Å². The molecular formula is C15H15BrClNO. The van der Waals surface area contributed by atoms with Crippen molar-refractivity contribution < 1.29 is 5.11 Å². The van der Waals surface area contributed by atoms with Crippen LogP contribution in [0.5, 0.6) is 0 Å². The fourth-order valence-electron chi connectivity index (χ4n) is 2.06. The van der Waals surface area contributed by atoms with Gasteiger partial charge in [-0.25, -0.2) is 0 Å². The highest BCUT2D eigenvalue weighted by Crippen LogP contribution is 2.27. The second-order valence-electron chi connectivity index (χ2n) is 4.38. The van der Waals surface area contributed by atoms with Crippen molar-refractivity contribution in [2.45, 2.75) is 25.9 Å². The Morgan fingerprint density at radius 2 is 2.11 bits per heavy atom. The largest absolute Gasteiger partial charge is 0.388 e. The third kappa shape index (κ3) is 3.56. The van der Waals surface area contributed by atoms with Crippen LogP contribution in [0, 0.1) is 0 Å². The van der Waals surface area contributed by atoms with E-state index < -0.39 is 6.10 Å². The summed E-state index contributed by atoms with van der Waals surface area (Å²) in [5, 5.41) is 11.0. The molecule has 0 saturated heterocycles. The first kappa shape index (κ1) is 14.5. The molecule has 0 bridgehead atoms. The number of aromatic nitrogens is 1. The third-order valence-corrected chi connectivity index (χ3v) is 3.95. The molecule has 2 rings (SSSR count). The molecule has 1 unspecified atom stereocenters. The fourth-order valence-corrected chi connectivity index (χ4v) is 2.81. The molecule has 4 heteroatoms. The van der Waals surface area contributed by atoms with Crippen LogP contribution < -0.4 is 0 Å². The summed E-state index contributed by atoms with van der Waals surface area (Å²) in [5.41, 5.74) is 2.94. The van der Waals surface area contributed by atoms with Gasteiger partial charge in [0.25, 0.3) is 0 Å². The number of nitrogens with zero attached hydrogens (tertiary/aromatic N) is 1. The van der Waals surface area contributed by atoms with Crippen LogP contribution in [0.2, 0.25) is 5.02 Å². The second-order valence-corrected chi connectivity index (χ2v) is 5.71. The lowest BCUT2D eigenvalue weighted by Crippen LogP contribution is -2.06. The summed E-state index contributed by atoms with van der Waals surface area (Å²) in [6.07, 6.45) is 4.32. The van der Waals surface area contributed by atoms with E-state index in [0.717, 1.165) is 27.6 Å². The number of aryl methyl sites for hydroxylation is 1. The van der Waals surface area contributed by atoms with E-state index in [0.29, 0.717) is 11.4 Å². The maximum Gasteiger partial charge on any atom is 0.0834 e. The van der Waals surface area contributed by atoms with Gasteiger partial charge in [0, 0.05) is 28.3 Å². The summed E-state index contributed by atoms with van der Waals surface area (Å²) in [6, 6.07) is 7.58. The minimum absolute atomic E-state index is 0.503. The summed E-state index contributed by atoms with van der Waals surface area (Å²) in [4.78, 5) is 4.09. The van der Waals surface area contributed by atoms with Crippen LogP contribution in [-0.4, -0.2) is 10.1 Å². The molecule has 1 atom stereocenters. The Kier molecular flexibility index (Phi) is 4.97. The highest BCUT2D eigenvalue weighted by Gasteiger charge is 2.14. The maximum absolute atomic E-state index is 10.4. The van der Waals surface area contributed by atoms with Gasteiger partial charge in [0.15, 0.2) is 0 Å². The van der Waals surface area contributed by atoms with Gasteiger partial charge < -0.3 is 5.11 Å². The smallest absolute Gasteiger partial charge is 0.0834 e. The van der Waals surface area contributed by atoms with Crippen LogP contribution in [0.15, 0.2) is 41.1 Å². The lowest BCUT2D eigenvalue weighted by Gasteiger charge is -2.15. The fraction of sp³-hybridized carbons (Fsp3) is 0.267. The summed E-state index contributed by atoms with van der Waals surface area (Å²) in [7, 11) is 0. The Balaban J connectivity index is 2.23. The number of pyridine rings is 1. The first-order chi connectivity index (χ1) is 9.11. The van der Waals surface area contributed by atoms with Crippen LogP contribution >= 0.6 is 27.5 Å². The number of hydrogen-bond acceptors (Lipinski definition) is 2. The predicted octanol–water partition coefficient (Wildman–Crippen LogP) is 4.34. The number of hydrogen-bond donors (Lipinski definition) is 1. The van der Waals surface area contributed by atoms with E-state index in [2.05, 4.69) is 27.8 Å². The van der Waals surface area contributed by atoms with Crippen LogP contribution in [-0.2, 0) is 12.8 Å². The first-order valence-electron chi connectivity index (χ1n) is 6.16. The molecule has 2 nitrogen and oxygen atoms in total. The van der Waals surface area contributed by atoms with Crippen LogP contribution in [0.4, 0.5) is 0 Å². The van der Waals surface area contributed by atoms with E-state index in [4.69, 9.17) is 11.6 Å². The van der Waals surface area contributed by atoms with Crippen LogP contribution in [0.25, 0.3) is 0 Å². The molecule has 0 aliphatic carbocycles. The van der Waals surface area contributed by atoms with E-state index in [1.165, 1.54) is 0 Å². The van der Waals surface area contributed by atoms with Gasteiger partial charge in [-0.2, -0.15) is 0 Å². The Morgan fingerprint density at radius 3 is 2.79 bits per heavy atom. The molecule has 19 heavy (non-hydrogen) atoms. The Bertz CT molecular complexity index is 574. The number of aliphatic hydroxyl groups is 1. The van der Waals surface area contributed by atoms with E-state index in [1.54, 1.807) is 6.20 Å². The van der Waals surface area contributed by atoms with Gasteiger partial charge in [0.1, 0.15) is 0 Å². The topological polar surface area (TPSA) is 33.1 Å². The van der Waals surface area contributed by atoms with Crippen molar-refractivity contribution in [1.82, 2.24) is 4.98 Å². The highest BCUT2D eigenvalue weighted by atomic mass is 79.9. The zero-order valence-electron chi connectivity index (χ0n) is 10.6. The van der Waals surface area contributed by atoms with Crippen molar-refractivity contribution in [1.29, 1.82) is 0 Å². The monoisotopic (exact) mass is 339 g/mol. The summed E-state index contributed by atoms with van der Waals surface area (Å²) < 4.78 is 0.939. The van der Waals surface area contributed by atoms with Gasteiger partial charge in [0.05, 0.1) is 6.10 Å². The number of benzene rings is 1. The lowest BCUT2D eigenvalue weighted by atomic mass is 9.97. The molecule has 1 aromatic carbocycles. The SMILES string of the molecule is CCc1cnccc1C(O)Cc1ccc(Br)cc1Cl. The van der Waals surface area contributed by atoms with Gasteiger partial charge in [-0.3, -0.25) is 4.98 Å². The van der Waals surface area contributed by atoms with Crippen molar-refractivity contribution in [2.75, 3.05) is 0 Å². The van der Waals surface area contributed by atoms with E-state index >= 15 is 0 Å². The van der Waals surface area contributed by atoms with Gasteiger partial charge in [-0.1, -0.05) is 40.5 Å². The summed E-state index contributed by atoms with van der Waals surface area (Å²) >= 11 is 9.56. The minimum Gasteiger partial charge on any atom is -0.388 e. The lowest BCUT2D eigenvalue weighted by molar-refractivity contribution is 0.177. The van der Waals surface area contributed by atoms with Crippen molar-refractivity contribution in [2.24, 2.45) is 0 Å². The molecule has 0 fully saturated rings. The molecule has 0 spiro atoms. The molecule has 1 heterocycles.